The van der Waals surface area contributed by atoms with E-state index in [4.69, 9.17) is 9.47 Å². The number of rotatable bonds is 13. The van der Waals surface area contributed by atoms with Gasteiger partial charge in [0.2, 0.25) is 11.8 Å². The zero-order valence-electron chi connectivity index (χ0n) is 20.0. The molecule has 2 bridgehead atoms. The van der Waals surface area contributed by atoms with E-state index in [1.54, 1.807) is 15.9 Å². The van der Waals surface area contributed by atoms with Gasteiger partial charge in [-0.15, -0.1) is 6.58 Å². The number of likely N-dealkylation sites (tertiary alicyclic amines) is 1. The fourth-order valence-electron chi connectivity index (χ4n) is 5.90. The molecular formula is C25H38N2O6. The maximum Gasteiger partial charge on any atom is 0.313 e. The van der Waals surface area contributed by atoms with Crippen molar-refractivity contribution < 1.29 is 29.0 Å². The number of nitrogens with zero attached hydrogens (tertiary/aromatic N) is 2. The Morgan fingerprint density at radius 2 is 2.03 bits per heavy atom. The molecule has 3 rings (SSSR count). The SMILES string of the molecule is C=CCOC(=O)[C@@H]1[C@H]2C(=O)N(CCCCO)C(C(=O)N(CC=C)CCCC)C23CC[C@@]1(C)O3. The van der Waals surface area contributed by atoms with Gasteiger partial charge in [0.05, 0.1) is 11.5 Å². The summed E-state index contributed by atoms with van der Waals surface area (Å²) in [5.74, 6) is -2.39. The molecule has 0 radical (unpaired) electrons. The van der Waals surface area contributed by atoms with Crippen molar-refractivity contribution in [2.24, 2.45) is 11.8 Å². The lowest BCUT2D eigenvalue weighted by Gasteiger charge is -2.36. The molecule has 3 heterocycles. The van der Waals surface area contributed by atoms with Crippen molar-refractivity contribution in [1.82, 2.24) is 9.80 Å². The average Bonchev–Trinajstić information content (AvgIpc) is 3.36. The van der Waals surface area contributed by atoms with Crippen molar-refractivity contribution in [3.63, 3.8) is 0 Å². The molecule has 2 amide bonds. The predicted octanol–water partition coefficient (Wildman–Crippen LogP) is 2.07. The predicted molar refractivity (Wildman–Crippen MR) is 123 cm³/mol. The van der Waals surface area contributed by atoms with E-state index >= 15 is 0 Å². The first kappa shape index (κ1) is 25.4. The van der Waals surface area contributed by atoms with Crippen molar-refractivity contribution in [3.05, 3.63) is 25.3 Å². The van der Waals surface area contributed by atoms with Gasteiger partial charge in [-0.3, -0.25) is 14.4 Å². The molecule has 0 aromatic carbocycles. The standard InChI is InChI=1S/C25H38N2O6/c1-5-8-14-26(13-6-2)22(30)20-25-12-11-24(4,33-25)19(23(31)32-17-7-3)18(25)21(29)27(20)15-9-10-16-28/h6-7,18-20,28H,2-3,5,8-17H2,1,4H3/t18-,19-,20?,24+,25?/m0/s1. The van der Waals surface area contributed by atoms with Gasteiger partial charge in [-0.2, -0.15) is 0 Å². The lowest BCUT2D eigenvalue weighted by molar-refractivity contribution is -0.159. The summed E-state index contributed by atoms with van der Waals surface area (Å²) in [5.41, 5.74) is -1.90. The highest BCUT2D eigenvalue weighted by Crippen LogP contribution is 2.63. The Balaban J connectivity index is 2.00. The van der Waals surface area contributed by atoms with Gasteiger partial charge in [0, 0.05) is 26.2 Å². The molecular weight excluding hydrogens is 424 g/mol. The molecule has 5 atom stereocenters. The highest BCUT2D eigenvalue weighted by atomic mass is 16.6. The fourth-order valence-corrected chi connectivity index (χ4v) is 5.90. The normalized spacial score (nSPS) is 32.0. The minimum Gasteiger partial charge on any atom is -0.461 e. The van der Waals surface area contributed by atoms with E-state index in [9.17, 15) is 19.5 Å². The zero-order valence-corrected chi connectivity index (χ0v) is 20.0. The van der Waals surface area contributed by atoms with E-state index < -0.39 is 35.0 Å². The Hall–Kier alpha value is -2.19. The van der Waals surface area contributed by atoms with Gasteiger partial charge in [0.1, 0.15) is 24.2 Å². The van der Waals surface area contributed by atoms with Crippen LogP contribution in [0.2, 0.25) is 0 Å². The van der Waals surface area contributed by atoms with Crippen molar-refractivity contribution in [1.29, 1.82) is 0 Å². The molecule has 0 saturated carbocycles. The van der Waals surface area contributed by atoms with Crippen LogP contribution in [0.5, 0.6) is 0 Å². The molecule has 1 spiro atoms. The van der Waals surface area contributed by atoms with E-state index in [1.807, 2.05) is 6.92 Å². The number of amides is 2. The number of hydrogen-bond donors (Lipinski definition) is 1. The molecule has 2 unspecified atom stereocenters. The molecule has 3 aliphatic rings. The van der Waals surface area contributed by atoms with Gasteiger partial charge in [-0.25, -0.2) is 0 Å². The Morgan fingerprint density at radius 1 is 1.27 bits per heavy atom. The third-order valence-electron chi connectivity index (χ3n) is 7.36. The van der Waals surface area contributed by atoms with Crippen LogP contribution in [0.4, 0.5) is 0 Å². The number of aliphatic hydroxyl groups excluding tert-OH is 1. The molecule has 8 heteroatoms. The van der Waals surface area contributed by atoms with Crippen molar-refractivity contribution >= 4 is 17.8 Å². The van der Waals surface area contributed by atoms with Crippen LogP contribution in [-0.4, -0.2) is 82.8 Å². The summed E-state index contributed by atoms with van der Waals surface area (Å²) in [7, 11) is 0. The summed E-state index contributed by atoms with van der Waals surface area (Å²) in [6, 6.07) is -0.801. The first-order valence-electron chi connectivity index (χ1n) is 12.1. The lowest BCUT2D eigenvalue weighted by Crippen LogP contribution is -2.56. The fraction of sp³-hybridized carbons (Fsp3) is 0.720. The number of unbranched alkanes of at least 4 members (excludes halogenated alkanes) is 2. The first-order chi connectivity index (χ1) is 15.8. The largest absolute Gasteiger partial charge is 0.461 e. The molecule has 1 N–H and O–H groups in total. The van der Waals surface area contributed by atoms with Crippen LogP contribution in [0, 0.1) is 11.8 Å². The number of carbonyl (C=O) groups excluding carboxylic acids is 3. The second-order valence-corrected chi connectivity index (χ2v) is 9.54. The van der Waals surface area contributed by atoms with E-state index in [2.05, 4.69) is 20.1 Å². The number of fused-ring (bicyclic) bond motifs is 1. The Bertz CT molecular complexity index is 785. The summed E-state index contributed by atoms with van der Waals surface area (Å²) in [4.78, 5) is 44.1. The van der Waals surface area contributed by atoms with Gasteiger partial charge < -0.3 is 24.4 Å². The summed E-state index contributed by atoms with van der Waals surface area (Å²) < 4.78 is 11.9. The molecule has 0 aromatic rings. The first-order valence-corrected chi connectivity index (χ1v) is 12.1. The summed E-state index contributed by atoms with van der Waals surface area (Å²) >= 11 is 0. The average molecular weight is 463 g/mol. The Kier molecular flexibility index (Phi) is 8.00. The van der Waals surface area contributed by atoms with Gasteiger partial charge in [-0.1, -0.05) is 32.1 Å². The van der Waals surface area contributed by atoms with Crippen LogP contribution in [0.3, 0.4) is 0 Å². The van der Waals surface area contributed by atoms with E-state index in [0.29, 0.717) is 45.3 Å². The smallest absolute Gasteiger partial charge is 0.313 e. The van der Waals surface area contributed by atoms with Gasteiger partial charge in [0.25, 0.3) is 0 Å². The van der Waals surface area contributed by atoms with E-state index in [-0.39, 0.29) is 25.0 Å². The monoisotopic (exact) mass is 462 g/mol. The summed E-state index contributed by atoms with van der Waals surface area (Å²) in [5, 5.41) is 9.25. The zero-order chi connectivity index (χ0) is 24.2. The topological polar surface area (TPSA) is 96.4 Å². The highest BCUT2D eigenvalue weighted by Gasteiger charge is 2.78. The van der Waals surface area contributed by atoms with Crippen molar-refractivity contribution in [2.75, 3.05) is 32.8 Å². The molecule has 3 aliphatic heterocycles. The number of hydrogen-bond acceptors (Lipinski definition) is 6. The number of aliphatic hydroxyl groups is 1. The van der Waals surface area contributed by atoms with Gasteiger partial charge in [-0.05, 0) is 39.0 Å². The van der Waals surface area contributed by atoms with E-state index in [1.165, 1.54) is 6.08 Å². The minimum atomic E-state index is -1.05. The van der Waals surface area contributed by atoms with E-state index in [0.717, 1.165) is 12.8 Å². The molecule has 3 saturated heterocycles. The van der Waals surface area contributed by atoms with Crippen LogP contribution in [-0.2, 0) is 23.9 Å². The third-order valence-corrected chi connectivity index (χ3v) is 7.36. The molecule has 0 aromatic heterocycles. The number of esters is 1. The van der Waals surface area contributed by atoms with Gasteiger partial charge >= 0.3 is 5.97 Å². The Morgan fingerprint density at radius 3 is 2.67 bits per heavy atom. The van der Waals surface area contributed by atoms with Crippen molar-refractivity contribution in [2.45, 2.75) is 69.6 Å². The Labute approximate surface area is 196 Å². The summed E-state index contributed by atoms with van der Waals surface area (Å²) in [6.07, 6.45) is 7.17. The lowest BCUT2D eigenvalue weighted by atomic mass is 9.66. The quantitative estimate of drug-likeness (QED) is 0.256. The molecule has 184 valence electrons. The summed E-state index contributed by atoms with van der Waals surface area (Å²) in [6.45, 7) is 12.7. The van der Waals surface area contributed by atoms with Crippen LogP contribution in [0.15, 0.2) is 25.3 Å². The van der Waals surface area contributed by atoms with Crippen LogP contribution in [0.25, 0.3) is 0 Å². The second kappa shape index (κ2) is 10.4. The molecule has 0 aliphatic carbocycles. The molecule has 3 fully saturated rings. The second-order valence-electron chi connectivity index (χ2n) is 9.54. The highest BCUT2D eigenvalue weighted by molar-refractivity contribution is 5.98. The molecule has 8 nitrogen and oxygen atoms in total. The third kappa shape index (κ3) is 4.35. The number of carbonyl (C=O) groups is 3. The number of ether oxygens (including phenoxy) is 2. The van der Waals surface area contributed by atoms with Gasteiger partial charge in [0.15, 0.2) is 0 Å². The minimum absolute atomic E-state index is 0.0133. The van der Waals surface area contributed by atoms with Crippen LogP contribution >= 0.6 is 0 Å². The van der Waals surface area contributed by atoms with Crippen LogP contribution in [0.1, 0.15) is 52.4 Å². The van der Waals surface area contributed by atoms with Crippen molar-refractivity contribution in [3.8, 4) is 0 Å². The maximum absolute atomic E-state index is 13.9. The molecule has 33 heavy (non-hydrogen) atoms. The maximum atomic E-state index is 13.9. The van der Waals surface area contributed by atoms with Crippen LogP contribution < -0.4 is 0 Å².